The molecule has 2 aromatic carbocycles. The maximum atomic E-state index is 6.19. The number of nitrogens with one attached hydrogen (secondary N) is 2. The van der Waals surface area contributed by atoms with Crippen LogP contribution < -0.4 is 10.6 Å². The van der Waals surface area contributed by atoms with E-state index >= 15 is 0 Å². The minimum absolute atomic E-state index is 0.539. The van der Waals surface area contributed by atoms with Crippen LogP contribution in [0.3, 0.4) is 0 Å². The van der Waals surface area contributed by atoms with Gasteiger partial charge in [0.2, 0.25) is 5.95 Å². The number of anilines is 3. The highest BCUT2D eigenvalue weighted by atomic mass is 35.5. The number of benzene rings is 2. The minimum Gasteiger partial charge on any atom is -0.350 e. The van der Waals surface area contributed by atoms with Gasteiger partial charge >= 0.3 is 0 Å². The van der Waals surface area contributed by atoms with Crippen LogP contribution in [0.2, 0.25) is 10.0 Å². The van der Waals surface area contributed by atoms with Gasteiger partial charge in [-0.1, -0.05) is 59.6 Å². The van der Waals surface area contributed by atoms with Crippen molar-refractivity contribution in [3.05, 3.63) is 75.9 Å². The molecule has 0 amide bonds. The molecule has 0 aliphatic heterocycles. The summed E-state index contributed by atoms with van der Waals surface area (Å²) in [6.45, 7) is 2.56. The normalized spacial score (nSPS) is 10.5. The molecule has 0 radical (unpaired) electrons. The molecular weight excluding hydrogens is 343 g/mol. The first-order valence-electron chi connectivity index (χ1n) is 7.46. The Morgan fingerprint density at radius 2 is 1.62 bits per heavy atom. The standard InChI is InChI=1S/C18H16Cl2N4/c1-12-10-16(23-17-14(19)8-5-9-15(17)20)24-18(22-12)21-11-13-6-3-2-4-7-13/h2-10H,11H2,1H3,(H2,21,22,23,24). The van der Waals surface area contributed by atoms with Gasteiger partial charge in [-0.3, -0.25) is 0 Å². The molecule has 1 aromatic heterocycles. The van der Waals surface area contributed by atoms with Crippen molar-refractivity contribution in [1.29, 1.82) is 0 Å². The van der Waals surface area contributed by atoms with Crippen LogP contribution in [0.5, 0.6) is 0 Å². The fraction of sp³-hybridized carbons (Fsp3) is 0.111. The predicted molar refractivity (Wildman–Crippen MR) is 100 cm³/mol. The number of rotatable bonds is 5. The lowest BCUT2D eigenvalue weighted by molar-refractivity contribution is 1.03. The lowest BCUT2D eigenvalue weighted by atomic mass is 10.2. The molecule has 0 saturated heterocycles. The molecule has 0 aliphatic rings. The maximum absolute atomic E-state index is 6.19. The number of hydrogen-bond donors (Lipinski definition) is 2. The monoisotopic (exact) mass is 358 g/mol. The Labute approximate surface area is 150 Å². The third-order valence-corrected chi connectivity index (χ3v) is 3.99. The first-order valence-corrected chi connectivity index (χ1v) is 8.22. The van der Waals surface area contributed by atoms with Gasteiger partial charge in [-0.25, -0.2) is 4.98 Å². The second kappa shape index (κ2) is 7.51. The predicted octanol–water partition coefficient (Wildman–Crippen LogP) is 5.45. The van der Waals surface area contributed by atoms with Crippen LogP contribution >= 0.6 is 23.2 Å². The fourth-order valence-electron chi connectivity index (χ4n) is 2.23. The number of halogens is 2. The zero-order chi connectivity index (χ0) is 16.9. The van der Waals surface area contributed by atoms with E-state index in [1.54, 1.807) is 18.2 Å². The van der Waals surface area contributed by atoms with E-state index < -0.39 is 0 Å². The second-order valence-corrected chi connectivity index (χ2v) is 6.09. The summed E-state index contributed by atoms with van der Waals surface area (Å²) in [4.78, 5) is 8.88. The molecule has 0 spiro atoms. The zero-order valence-electron chi connectivity index (χ0n) is 13.1. The molecule has 0 unspecified atom stereocenters. The van der Waals surface area contributed by atoms with E-state index in [4.69, 9.17) is 23.2 Å². The van der Waals surface area contributed by atoms with E-state index in [1.807, 2.05) is 43.3 Å². The van der Waals surface area contributed by atoms with Gasteiger partial charge in [-0.05, 0) is 24.6 Å². The molecule has 6 heteroatoms. The lowest BCUT2D eigenvalue weighted by Gasteiger charge is -2.12. The minimum atomic E-state index is 0.539. The Hall–Kier alpha value is -2.30. The quantitative estimate of drug-likeness (QED) is 0.636. The molecule has 24 heavy (non-hydrogen) atoms. The van der Waals surface area contributed by atoms with Crippen LogP contribution in [0.15, 0.2) is 54.6 Å². The summed E-state index contributed by atoms with van der Waals surface area (Å²) in [5, 5.41) is 7.47. The average molecular weight is 359 g/mol. The third-order valence-electron chi connectivity index (χ3n) is 3.36. The van der Waals surface area contributed by atoms with Gasteiger partial charge in [-0.15, -0.1) is 0 Å². The van der Waals surface area contributed by atoms with Crippen LogP contribution in [-0.2, 0) is 6.54 Å². The van der Waals surface area contributed by atoms with Crippen molar-refractivity contribution in [2.75, 3.05) is 10.6 Å². The largest absolute Gasteiger partial charge is 0.350 e. The van der Waals surface area contributed by atoms with E-state index in [9.17, 15) is 0 Å². The zero-order valence-corrected chi connectivity index (χ0v) is 14.6. The molecule has 4 nitrogen and oxygen atoms in total. The summed E-state index contributed by atoms with van der Waals surface area (Å²) in [5.41, 5.74) is 2.63. The maximum Gasteiger partial charge on any atom is 0.225 e. The molecule has 0 bridgehead atoms. The van der Waals surface area contributed by atoms with Gasteiger partial charge in [0.05, 0.1) is 15.7 Å². The summed E-state index contributed by atoms with van der Waals surface area (Å²) in [6, 6.07) is 17.3. The van der Waals surface area contributed by atoms with Gasteiger partial charge in [0.15, 0.2) is 0 Å². The van der Waals surface area contributed by atoms with Gasteiger partial charge in [-0.2, -0.15) is 4.98 Å². The van der Waals surface area contributed by atoms with E-state index in [0.29, 0.717) is 34.0 Å². The molecule has 1 heterocycles. The van der Waals surface area contributed by atoms with E-state index in [-0.39, 0.29) is 0 Å². The van der Waals surface area contributed by atoms with Crippen molar-refractivity contribution in [3.8, 4) is 0 Å². The summed E-state index contributed by atoms with van der Waals surface area (Å²) in [5.74, 6) is 1.18. The summed E-state index contributed by atoms with van der Waals surface area (Å²) in [6.07, 6.45) is 0. The van der Waals surface area contributed by atoms with Crippen LogP contribution in [0, 0.1) is 6.92 Å². The van der Waals surface area contributed by atoms with Crippen LogP contribution in [0.1, 0.15) is 11.3 Å². The SMILES string of the molecule is Cc1cc(Nc2c(Cl)cccc2Cl)nc(NCc2ccccc2)n1. The van der Waals surface area contributed by atoms with Crippen LogP contribution in [0.25, 0.3) is 0 Å². The number of para-hydroxylation sites is 1. The molecule has 122 valence electrons. The van der Waals surface area contributed by atoms with Crippen LogP contribution in [-0.4, -0.2) is 9.97 Å². The van der Waals surface area contributed by atoms with E-state index in [2.05, 4.69) is 20.6 Å². The highest BCUT2D eigenvalue weighted by Crippen LogP contribution is 2.32. The van der Waals surface area contributed by atoms with Gasteiger partial charge in [0.1, 0.15) is 5.82 Å². The number of aryl methyl sites for hydroxylation is 1. The van der Waals surface area contributed by atoms with Gasteiger partial charge in [0, 0.05) is 18.3 Å². The summed E-state index contributed by atoms with van der Waals surface area (Å²) in [7, 11) is 0. The van der Waals surface area contributed by atoms with E-state index in [1.165, 1.54) is 0 Å². The molecule has 3 aromatic rings. The summed E-state index contributed by atoms with van der Waals surface area (Å²) < 4.78 is 0. The van der Waals surface area contributed by atoms with Crippen molar-refractivity contribution < 1.29 is 0 Å². The number of nitrogens with zero attached hydrogens (tertiary/aromatic N) is 2. The van der Waals surface area contributed by atoms with Crippen molar-refractivity contribution in [2.45, 2.75) is 13.5 Å². The smallest absolute Gasteiger partial charge is 0.225 e. The van der Waals surface area contributed by atoms with Crippen molar-refractivity contribution in [2.24, 2.45) is 0 Å². The molecule has 0 fully saturated rings. The first kappa shape index (κ1) is 16.6. The molecule has 0 aliphatic carbocycles. The molecule has 2 N–H and O–H groups in total. The Morgan fingerprint density at radius 3 is 2.33 bits per heavy atom. The first-order chi connectivity index (χ1) is 11.6. The topological polar surface area (TPSA) is 49.8 Å². The Balaban J connectivity index is 1.79. The number of hydrogen-bond acceptors (Lipinski definition) is 4. The number of aromatic nitrogens is 2. The Bertz CT molecular complexity index is 817. The highest BCUT2D eigenvalue weighted by molar-refractivity contribution is 6.39. The van der Waals surface area contributed by atoms with Crippen LogP contribution in [0.4, 0.5) is 17.5 Å². The van der Waals surface area contributed by atoms with Crippen molar-refractivity contribution >= 4 is 40.7 Å². The summed E-state index contributed by atoms with van der Waals surface area (Å²) >= 11 is 12.4. The van der Waals surface area contributed by atoms with E-state index in [0.717, 1.165) is 11.3 Å². The van der Waals surface area contributed by atoms with Gasteiger partial charge in [0.25, 0.3) is 0 Å². The molecule has 3 rings (SSSR count). The third kappa shape index (κ3) is 4.16. The van der Waals surface area contributed by atoms with Crippen molar-refractivity contribution in [3.63, 3.8) is 0 Å². The second-order valence-electron chi connectivity index (χ2n) is 5.28. The molecule has 0 saturated carbocycles. The average Bonchev–Trinajstić information content (AvgIpc) is 2.57. The Kier molecular flexibility index (Phi) is 5.18. The molecular formula is C18H16Cl2N4. The van der Waals surface area contributed by atoms with Crippen molar-refractivity contribution in [1.82, 2.24) is 9.97 Å². The highest BCUT2D eigenvalue weighted by Gasteiger charge is 2.08. The fourth-order valence-corrected chi connectivity index (χ4v) is 2.73. The Morgan fingerprint density at radius 1 is 0.917 bits per heavy atom. The lowest BCUT2D eigenvalue weighted by Crippen LogP contribution is -2.06. The van der Waals surface area contributed by atoms with Gasteiger partial charge < -0.3 is 10.6 Å². The molecule has 0 atom stereocenters.